The van der Waals surface area contributed by atoms with Crippen LogP contribution in [0.5, 0.6) is 0 Å². The molecule has 1 aliphatic rings. The van der Waals surface area contributed by atoms with Crippen LogP contribution in [0, 0.1) is 0 Å². The summed E-state index contributed by atoms with van der Waals surface area (Å²) in [6, 6.07) is 4.24. The van der Waals surface area contributed by atoms with Gasteiger partial charge >= 0.3 is 0 Å². The van der Waals surface area contributed by atoms with Gasteiger partial charge in [-0.25, -0.2) is 0 Å². The number of carbonyl (C=O) groups is 3. The van der Waals surface area contributed by atoms with Crippen LogP contribution in [0.4, 0.5) is 0 Å². The maximum Gasteiger partial charge on any atom is 0.253 e. The third-order valence-electron chi connectivity index (χ3n) is 2.88. The zero-order valence-electron chi connectivity index (χ0n) is 10.0. The Hall–Kier alpha value is -1.34. The van der Waals surface area contributed by atoms with Gasteiger partial charge in [0.25, 0.3) is 11.8 Å². The number of likely N-dealkylation sites (N-methyl/N-ethyl adjacent to an activating group) is 1. The lowest BCUT2D eigenvalue weighted by Gasteiger charge is -2.12. The van der Waals surface area contributed by atoms with Gasteiger partial charge in [0, 0.05) is 16.4 Å². The summed E-state index contributed by atoms with van der Waals surface area (Å²) in [4.78, 5) is 36.8. The van der Waals surface area contributed by atoms with Crippen molar-refractivity contribution in [3.8, 4) is 0 Å². The number of thiol groups is 1. The molecule has 1 saturated heterocycles. The first kappa shape index (κ1) is 14.1. The molecule has 7 heteroatoms. The molecule has 19 heavy (non-hydrogen) atoms. The maximum absolute atomic E-state index is 12.1. The number of carbonyl (C=O) groups excluding carboxylic acids is 3. The number of hydrogen-bond donors (Lipinski definition) is 2. The Morgan fingerprint density at radius 2 is 2.16 bits per heavy atom. The van der Waals surface area contributed by atoms with Crippen molar-refractivity contribution in [1.82, 2.24) is 10.2 Å². The number of likely N-dealkylation sites (tertiary alicyclic amines) is 1. The third-order valence-corrected chi connectivity index (χ3v) is 3.85. The standard InChI is InChI=1S/C12H11BrN2O3S/c1-15-10(16)5-9(12(15)18)14-11(17)7-4-6(19)2-3-8(7)13/h2-4,9,19H,5H2,1H3,(H,14,17). The van der Waals surface area contributed by atoms with E-state index in [4.69, 9.17) is 0 Å². The summed E-state index contributed by atoms with van der Waals surface area (Å²) < 4.78 is 0.605. The van der Waals surface area contributed by atoms with E-state index in [1.165, 1.54) is 7.05 Å². The summed E-state index contributed by atoms with van der Waals surface area (Å²) in [7, 11) is 1.40. The van der Waals surface area contributed by atoms with Gasteiger partial charge in [-0.05, 0) is 34.1 Å². The predicted molar refractivity (Wildman–Crippen MR) is 75.0 cm³/mol. The molecule has 100 valence electrons. The van der Waals surface area contributed by atoms with Crippen LogP contribution in [0.1, 0.15) is 16.8 Å². The molecule has 1 fully saturated rings. The molecule has 0 aromatic heterocycles. The minimum absolute atomic E-state index is 0.000736. The molecule has 0 saturated carbocycles. The minimum Gasteiger partial charge on any atom is -0.340 e. The molecule has 1 heterocycles. The fraction of sp³-hybridized carbons (Fsp3) is 0.250. The topological polar surface area (TPSA) is 66.5 Å². The van der Waals surface area contributed by atoms with Gasteiger partial charge in [-0.2, -0.15) is 0 Å². The molecular weight excluding hydrogens is 332 g/mol. The van der Waals surface area contributed by atoms with Crippen molar-refractivity contribution in [2.45, 2.75) is 17.4 Å². The second-order valence-electron chi connectivity index (χ2n) is 4.19. The lowest BCUT2D eigenvalue weighted by molar-refractivity contribution is -0.137. The van der Waals surface area contributed by atoms with E-state index in [0.29, 0.717) is 14.9 Å². The molecule has 1 aliphatic heterocycles. The second-order valence-corrected chi connectivity index (χ2v) is 5.56. The van der Waals surface area contributed by atoms with Gasteiger partial charge in [-0.15, -0.1) is 12.6 Å². The summed E-state index contributed by atoms with van der Waals surface area (Å²) in [5, 5.41) is 2.56. The number of halogens is 1. The van der Waals surface area contributed by atoms with Crippen LogP contribution < -0.4 is 5.32 Å². The first-order chi connectivity index (χ1) is 8.90. The van der Waals surface area contributed by atoms with Gasteiger partial charge in [0.15, 0.2) is 0 Å². The SMILES string of the molecule is CN1C(=O)CC(NC(=O)c2cc(S)ccc2Br)C1=O. The molecule has 0 aliphatic carbocycles. The quantitative estimate of drug-likeness (QED) is 0.627. The number of rotatable bonds is 2. The average molecular weight is 343 g/mol. The molecule has 1 aromatic rings. The summed E-state index contributed by atoms with van der Waals surface area (Å²) >= 11 is 7.42. The van der Waals surface area contributed by atoms with E-state index in [2.05, 4.69) is 33.9 Å². The number of nitrogens with one attached hydrogen (secondary N) is 1. The molecule has 1 unspecified atom stereocenters. The van der Waals surface area contributed by atoms with E-state index in [1.54, 1.807) is 18.2 Å². The third kappa shape index (κ3) is 2.82. The van der Waals surface area contributed by atoms with Crippen LogP contribution in [0.15, 0.2) is 27.6 Å². The summed E-state index contributed by atoms with van der Waals surface area (Å²) in [6.45, 7) is 0. The first-order valence-corrected chi connectivity index (χ1v) is 6.74. The van der Waals surface area contributed by atoms with Crippen LogP contribution in [0.2, 0.25) is 0 Å². The second kappa shape index (κ2) is 5.34. The van der Waals surface area contributed by atoms with Gasteiger partial charge in [0.05, 0.1) is 12.0 Å². The van der Waals surface area contributed by atoms with E-state index >= 15 is 0 Å². The van der Waals surface area contributed by atoms with Crippen molar-refractivity contribution in [2.75, 3.05) is 7.05 Å². The van der Waals surface area contributed by atoms with Crippen molar-refractivity contribution >= 4 is 46.3 Å². The number of amides is 3. The Balaban J connectivity index is 2.16. The number of imide groups is 1. The van der Waals surface area contributed by atoms with Crippen molar-refractivity contribution in [3.63, 3.8) is 0 Å². The van der Waals surface area contributed by atoms with Crippen molar-refractivity contribution in [2.24, 2.45) is 0 Å². The van der Waals surface area contributed by atoms with Gasteiger partial charge in [0.1, 0.15) is 6.04 Å². The minimum atomic E-state index is -0.791. The number of hydrogen-bond acceptors (Lipinski definition) is 4. The summed E-state index contributed by atoms with van der Waals surface area (Å²) in [6.07, 6.45) is -0.000736. The molecule has 3 amide bonds. The smallest absolute Gasteiger partial charge is 0.253 e. The maximum atomic E-state index is 12.1. The molecule has 1 N–H and O–H groups in total. The molecule has 1 atom stereocenters. The Kier molecular flexibility index (Phi) is 3.96. The van der Waals surface area contributed by atoms with Gasteiger partial charge < -0.3 is 5.32 Å². The lowest BCUT2D eigenvalue weighted by atomic mass is 10.2. The normalized spacial score (nSPS) is 18.9. The Morgan fingerprint density at radius 1 is 1.47 bits per heavy atom. The van der Waals surface area contributed by atoms with E-state index < -0.39 is 17.9 Å². The molecule has 5 nitrogen and oxygen atoms in total. The fourth-order valence-corrected chi connectivity index (χ4v) is 2.42. The van der Waals surface area contributed by atoms with Crippen LogP contribution >= 0.6 is 28.6 Å². The van der Waals surface area contributed by atoms with Gasteiger partial charge in [-0.1, -0.05) is 0 Å². The predicted octanol–water partition coefficient (Wildman–Crippen LogP) is 1.22. The van der Waals surface area contributed by atoms with Crippen molar-refractivity contribution < 1.29 is 14.4 Å². The zero-order chi connectivity index (χ0) is 14.2. The van der Waals surface area contributed by atoms with E-state index in [0.717, 1.165) is 4.90 Å². The Labute approximate surface area is 123 Å². The van der Waals surface area contributed by atoms with Crippen molar-refractivity contribution in [3.05, 3.63) is 28.2 Å². The fourth-order valence-electron chi connectivity index (χ4n) is 1.79. The average Bonchev–Trinajstić information content (AvgIpc) is 2.60. The van der Waals surface area contributed by atoms with Crippen molar-refractivity contribution in [1.29, 1.82) is 0 Å². The van der Waals surface area contributed by atoms with Crippen LogP contribution in [0.25, 0.3) is 0 Å². The zero-order valence-corrected chi connectivity index (χ0v) is 12.5. The molecule has 0 radical (unpaired) electrons. The highest BCUT2D eigenvalue weighted by Crippen LogP contribution is 2.21. The lowest BCUT2D eigenvalue weighted by Crippen LogP contribution is -2.40. The monoisotopic (exact) mass is 342 g/mol. The molecular formula is C12H11BrN2O3S. The van der Waals surface area contributed by atoms with E-state index in [-0.39, 0.29) is 12.3 Å². The van der Waals surface area contributed by atoms with Crippen LogP contribution in [-0.4, -0.2) is 35.7 Å². The van der Waals surface area contributed by atoms with Crippen LogP contribution in [0.3, 0.4) is 0 Å². The van der Waals surface area contributed by atoms with E-state index in [1.807, 2.05) is 0 Å². The largest absolute Gasteiger partial charge is 0.340 e. The highest BCUT2D eigenvalue weighted by Gasteiger charge is 2.37. The molecule has 0 spiro atoms. The van der Waals surface area contributed by atoms with Gasteiger partial charge in [0.2, 0.25) is 5.91 Å². The summed E-state index contributed by atoms with van der Waals surface area (Å²) in [5.74, 6) is -1.10. The Bertz CT molecular complexity index is 576. The number of benzene rings is 1. The molecule has 1 aromatic carbocycles. The molecule has 0 bridgehead atoms. The van der Waals surface area contributed by atoms with Crippen LogP contribution in [-0.2, 0) is 9.59 Å². The Morgan fingerprint density at radius 3 is 2.74 bits per heavy atom. The highest BCUT2D eigenvalue weighted by atomic mass is 79.9. The highest BCUT2D eigenvalue weighted by molar-refractivity contribution is 9.10. The van der Waals surface area contributed by atoms with E-state index in [9.17, 15) is 14.4 Å². The summed E-state index contributed by atoms with van der Waals surface area (Å²) in [5.41, 5.74) is 0.377. The molecule has 2 rings (SSSR count). The number of nitrogens with zero attached hydrogens (tertiary/aromatic N) is 1. The van der Waals surface area contributed by atoms with Gasteiger partial charge in [-0.3, -0.25) is 19.3 Å². The first-order valence-electron chi connectivity index (χ1n) is 5.50.